The van der Waals surface area contributed by atoms with Crippen LogP contribution in [0.4, 0.5) is 0 Å². The first-order valence-electron chi connectivity index (χ1n) is 5.24. The monoisotopic (exact) mass is 212 g/mol. The molecule has 4 heteroatoms. The summed E-state index contributed by atoms with van der Waals surface area (Å²) in [5.74, 6) is 3.31. The summed E-state index contributed by atoms with van der Waals surface area (Å²) >= 11 is 1.99. The maximum atomic E-state index is 11.5. The highest BCUT2D eigenvalue weighted by Gasteiger charge is 2.26. The zero-order chi connectivity index (χ0) is 9.97. The number of carbonyl (C=O) groups is 1. The van der Waals surface area contributed by atoms with Gasteiger partial charge in [0.2, 0.25) is 5.91 Å². The Morgan fingerprint density at radius 2 is 2.50 bits per heavy atom. The van der Waals surface area contributed by atoms with Crippen LogP contribution in [0.25, 0.3) is 0 Å². The van der Waals surface area contributed by atoms with E-state index in [1.54, 1.807) is 5.01 Å². The first-order valence-corrected chi connectivity index (χ1v) is 6.39. The third-order valence-electron chi connectivity index (χ3n) is 2.77. The quantitative estimate of drug-likeness (QED) is 0.714. The number of thioether (sulfide) groups is 1. The Morgan fingerprint density at radius 3 is 3.07 bits per heavy atom. The topological polar surface area (TPSA) is 32.7 Å². The van der Waals surface area contributed by atoms with Gasteiger partial charge in [-0.3, -0.25) is 4.79 Å². The highest BCUT2D eigenvalue weighted by Crippen LogP contribution is 2.25. The van der Waals surface area contributed by atoms with E-state index in [-0.39, 0.29) is 5.91 Å². The van der Waals surface area contributed by atoms with Crippen LogP contribution >= 0.6 is 11.8 Å². The van der Waals surface area contributed by atoms with Crippen molar-refractivity contribution < 1.29 is 4.79 Å². The van der Waals surface area contributed by atoms with Gasteiger partial charge in [-0.15, -0.1) is 0 Å². The molecule has 0 spiro atoms. The summed E-state index contributed by atoms with van der Waals surface area (Å²) in [6.07, 6.45) is 2.70. The number of hydrogen-bond acceptors (Lipinski definition) is 3. The van der Waals surface area contributed by atoms with E-state index in [0.29, 0.717) is 12.3 Å². The lowest BCUT2D eigenvalue weighted by Crippen LogP contribution is -2.27. The first-order chi connectivity index (χ1) is 6.79. The largest absolute Gasteiger partial charge is 0.273 e. The van der Waals surface area contributed by atoms with Gasteiger partial charge in [0.05, 0.1) is 6.42 Å². The van der Waals surface area contributed by atoms with E-state index in [0.717, 1.165) is 18.7 Å². The molecule has 3 nitrogen and oxygen atoms in total. The molecule has 0 saturated carbocycles. The smallest absolute Gasteiger partial charge is 0.248 e. The minimum atomic E-state index is 0.193. The lowest BCUT2D eigenvalue weighted by atomic mass is 10.1. The maximum Gasteiger partial charge on any atom is 0.248 e. The van der Waals surface area contributed by atoms with Crippen LogP contribution in [0.1, 0.15) is 26.2 Å². The van der Waals surface area contributed by atoms with Crippen LogP contribution in [-0.2, 0) is 4.79 Å². The molecule has 14 heavy (non-hydrogen) atoms. The van der Waals surface area contributed by atoms with E-state index in [2.05, 4.69) is 12.0 Å². The Morgan fingerprint density at radius 1 is 1.64 bits per heavy atom. The molecule has 2 aliphatic heterocycles. The van der Waals surface area contributed by atoms with Gasteiger partial charge in [-0.1, -0.05) is 6.92 Å². The van der Waals surface area contributed by atoms with Gasteiger partial charge in [0.15, 0.2) is 0 Å². The van der Waals surface area contributed by atoms with Crippen LogP contribution < -0.4 is 0 Å². The Labute approximate surface area is 88.9 Å². The van der Waals surface area contributed by atoms with Crippen LogP contribution in [-0.4, -0.2) is 34.7 Å². The van der Waals surface area contributed by atoms with Gasteiger partial charge < -0.3 is 0 Å². The van der Waals surface area contributed by atoms with Crippen LogP contribution in [0.2, 0.25) is 0 Å². The number of carbonyl (C=O) groups excluding carboxylic acids is 1. The van der Waals surface area contributed by atoms with Crippen molar-refractivity contribution >= 4 is 23.4 Å². The van der Waals surface area contributed by atoms with Crippen LogP contribution in [0.15, 0.2) is 5.10 Å². The van der Waals surface area contributed by atoms with Gasteiger partial charge in [0.1, 0.15) is 0 Å². The second kappa shape index (κ2) is 4.34. The summed E-state index contributed by atoms with van der Waals surface area (Å²) in [5.41, 5.74) is 1.04. The second-order valence-electron chi connectivity index (χ2n) is 3.90. The van der Waals surface area contributed by atoms with Crippen molar-refractivity contribution in [2.45, 2.75) is 26.2 Å². The third kappa shape index (κ3) is 2.11. The third-order valence-corrected chi connectivity index (χ3v) is 4.00. The van der Waals surface area contributed by atoms with Crippen LogP contribution in [0, 0.1) is 5.92 Å². The summed E-state index contributed by atoms with van der Waals surface area (Å²) in [7, 11) is 0. The average Bonchev–Trinajstić information content (AvgIpc) is 2.78. The van der Waals surface area contributed by atoms with E-state index in [9.17, 15) is 4.79 Å². The van der Waals surface area contributed by atoms with Gasteiger partial charge >= 0.3 is 0 Å². The summed E-state index contributed by atoms with van der Waals surface area (Å²) < 4.78 is 0. The van der Waals surface area contributed by atoms with Crippen molar-refractivity contribution in [2.24, 2.45) is 11.0 Å². The van der Waals surface area contributed by atoms with Crippen LogP contribution in [0.3, 0.4) is 0 Å². The molecule has 0 radical (unpaired) electrons. The number of hydrazone groups is 1. The number of rotatable bonds is 3. The highest BCUT2D eigenvalue weighted by molar-refractivity contribution is 7.99. The normalized spacial score (nSPS) is 27.2. The zero-order valence-electron chi connectivity index (χ0n) is 8.53. The van der Waals surface area contributed by atoms with Gasteiger partial charge in [0, 0.05) is 12.3 Å². The molecule has 1 unspecified atom stereocenters. The molecule has 0 aromatic rings. The highest BCUT2D eigenvalue weighted by atomic mass is 32.2. The van der Waals surface area contributed by atoms with Crippen molar-refractivity contribution in [3.05, 3.63) is 0 Å². The van der Waals surface area contributed by atoms with E-state index in [1.807, 2.05) is 11.8 Å². The van der Waals surface area contributed by atoms with E-state index in [1.165, 1.54) is 17.9 Å². The molecule has 78 valence electrons. The minimum absolute atomic E-state index is 0.193. The second-order valence-corrected chi connectivity index (χ2v) is 5.05. The minimum Gasteiger partial charge on any atom is -0.273 e. The fourth-order valence-corrected chi connectivity index (χ4v) is 3.11. The van der Waals surface area contributed by atoms with E-state index >= 15 is 0 Å². The average molecular weight is 212 g/mol. The SMILES string of the molecule is CCC1=NN(CC2CCSC2)C(=O)C1. The van der Waals surface area contributed by atoms with Crippen molar-refractivity contribution in [2.75, 3.05) is 18.1 Å². The fourth-order valence-electron chi connectivity index (χ4n) is 1.84. The van der Waals surface area contributed by atoms with Gasteiger partial charge in [-0.05, 0) is 30.3 Å². The predicted octanol–water partition coefficient (Wildman–Crippen LogP) is 1.74. The summed E-state index contributed by atoms with van der Waals surface area (Å²) in [6, 6.07) is 0. The summed E-state index contributed by atoms with van der Waals surface area (Å²) in [5, 5.41) is 6.03. The van der Waals surface area contributed by atoms with E-state index < -0.39 is 0 Å². The molecule has 2 aliphatic rings. The molecule has 1 fully saturated rings. The molecule has 1 saturated heterocycles. The molecule has 2 rings (SSSR count). The first kappa shape index (κ1) is 10.0. The molecule has 0 N–H and O–H groups in total. The lowest BCUT2D eigenvalue weighted by Gasteiger charge is -2.15. The summed E-state index contributed by atoms with van der Waals surface area (Å²) in [6.45, 7) is 2.90. The molecule has 0 bridgehead atoms. The van der Waals surface area contributed by atoms with Crippen molar-refractivity contribution in [1.29, 1.82) is 0 Å². The Bertz CT molecular complexity index is 259. The van der Waals surface area contributed by atoms with Gasteiger partial charge in [0.25, 0.3) is 0 Å². The van der Waals surface area contributed by atoms with Crippen LogP contribution in [0.5, 0.6) is 0 Å². The van der Waals surface area contributed by atoms with Crippen molar-refractivity contribution in [1.82, 2.24) is 5.01 Å². The van der Waals surface area contributed by atoms with Gasteiger partial charge in [-0.25, -0.2) is 5.01 Å². The summed E-state index contributed by atoms with van der Waals surface area (Å²) in [4.78, 5) is 11.5. The zero-order valence-corrected chi connectivity index (χ0v) is 9.35. The molecule has 2 heterocycles. The molecular weight excluding hydrogens is 196 g/mol. The van der Waals surface area contributed by atoms with Gasteiger partial charge in [-0.2, -0.15) is 16.9 Å². The predicted molar refractivity (Wildman–Crippen MR) is 59.5 cm³/mol. The standard InChI is InChI=1S/C10H16N2OS/c1-2-9-5-10(13)12(11-9)6-8-3-4-14-7-8/h8H,2-7H2,1H3. The molecular formula is C10H16N2OS. The Hall–Kier alpha value is -0.510. The number of amides is 1. The van der Waals surface area contributed by atoms with Crippen molar-refractivity contribution in [3.63, 3.8) is 0 Å². The molecule has 1 atom stereocenters. The molecule has 0 aromatic carbocycles. The maximum absolute atomic E-state index is 11.5. The Balaban J connectivity index is 1.90. The Kier molecular flexibility index (Phi) is 3.11. The number of hydrogen-bond donors (Lipinski definition) is 0. The molecule has 1 amide bonds. The molecule has 0 aromatic heterocycles. The number of nitrogens with zero attached hydrogens (tertiary/aromatic N) is 2. The fraction of sp³-hybridized carbons (Fsp3) is 0.800. The van der Waals surface area contributed by atoms with E-state index in [4.69, 9.17) is 0 Å². The lowest BCUT2D eigenvalue weighted by molar-refractivity contribution is -0.129. The molecule has 0 aliphatic carbocycles. The van der Waals surface area contributed by atoms with Crippen molar-refractivity contribution in [3.8, 4) is 0 Å².